The van der Waals surface area contributed by atoms with Crippen molar-refractivity contribution in [3.63, 3.8) is 0 Å². The Balaban J connectivity index is 1.67. The summed E-state index contributed by atoms with van der Waals surface area (Å²) in [6.45, 7) is 4.32. The second-order valence-corrected chi connectivity index (χ2v) is 6.23. The minimum atomic E-state index is -0.420. The maximum atomic E-state index is 13.1. The molecule has 25 heavy (non-hydrogen) atoms. The highest BCUT2D eigenvalue weighted by Gasteiger charge is 2.27. The average molecular weight is 337 g/mol. The number of piperazine rings is 1. The molecule has 0 unspecified atom stereocenters. The van der Waals surface area contributed by atoms with Crippen LogP contribution in [0, 0.1) is 24.1 Å². The molecule has 0 aliphatic carbocycles. The number of carbonyl (C=O) groups is 1. The highest BCUT2D eigenvalue weighted by atomic mass is 19.1. The van der Waals surface area contributed by atoms with Gasteiger partial charge in [0.05, 0.1) is 6.07 Å². The Labute approximate surface area is 147 Å². The van der Waals surface area contributed by atoms with E-state index in [4.69, 9.17) is 0 Å². The molecule has 1 aliphatic heterocycles. The summed E-state index contributed by atoms with van der Waals surface area (Å²) in [5, 5.41) is 9.52. The van der Waals surface area contributed by atoms with Crippen LogP contribution >= 0.6 is 0 Å². The van der Waals surface area contributed by atoms with Crippen molar-refractivity contribution < 1.29 is 9.18 Å². The molecule has 1 heterocycles. The van der Waals surface area contributed by atoms with Gasteiger partial charge in [-0.3, -0.25) is 9.69 Å². The zero-order chi connectivity index (χ0) is 17.8. The molecule has 1 fully saturated rings. The number of rotatable bonds is 3. The predicted molar refractivity (Wildman–Crippen MR) is 93.4 cm³/mol. The second-order valence-electron chi connectivity index (χ2n) is 6.23. The number of hydrogen-bond acceptors (Lipinski definition) is 3. The smallest absolute Gasteiger partial charge is 0.254 e. The van der Waals surface area contributed by atoms with E-state index in [1.165, 1.54) is 12.1 Å². The van der Waals surface area contributed by atoms with Gasteiger partial charge in [0.15, 0.2) is 0 Å². The Bertz CT molecular complexity index is 789. The molecular weight excluding hydrogens is 317 g/mol. The van der Waals surface area contributed by atoms with Crippen molar-refractivity contribution in [3.05, 3.63) is 71.0 Å². The second kappa shape index (κ2) is 7.45. The Morgan fingerprint density at radius 2 is 1.72 bits per heavy atom. The molecule has 0 radical (unpaired) electrons. The highest BCUT2D eigenvalue weighted by molar-refractivity contribution is 5.95. The van der Waals surface area contributed by atoms with Crippen LogP contribution in [0.2, 0.25) is 0 Å². The number of halogens is 1. The summed E-state index contributed by atoms with van der Waals surface area (Å²) in [5.74, 6) is -0.276. The molecule has 0 saturated carbocycles. The minimum Gasteiger partial charge on any atom is -0.336 e. The van der Waals surface area contributed by atoms with Gasteiger partial charge in [-0.15, -0.1) is 0 Å². The molecule has 1 atom stereocenters. The van der Waals surface area contributed by atoms with E-state index in [-0.39, 0.29) is 11.7 Å². The van der Waals surface area contributed by atoms with E-state index in [2.05, 4.69) is 6.07 Å². The molecule has 0 aromatic heterocycles. The van der Waals surface area contributed by atoms with Gasteiger partial charge >= 0.3 is 0 Å². The quantitative estimate of drug-likeness (QED) is 0.864. The maximum Gasteiger partial charge on any atom is 0.254 e. The molecule has 0 spiro atoms. The van der Waals surface area contributed by atoms with Gasteiger partial charge in [0.2, 0.25) is 0 Å². The van der Waals surface area contributed by atoms with Crippen LogP contribution in [0.1, 0.15) is 27.5 Å². The monoisotopic (exact) mass is 337 g/mol. The van der Waals surface area contributed by atoms with E-state index < -0.39 is 6.04 Å². The number of hydrogen-bond donors (Lipinski definition) is 0. The van der Waals surface area contributed by atoms with Gasteiger partial charge in [-0.2, -0.15) is 5.26 Å². The summed E-state index contributed by atoms with van der Waals surface area (Å²) < 4.78 is 13.1. The summed E-state index contributed by atoms with van der Waals surface area (Å²) >= 11 is 0. The molecule has 0 bridgehead atoms. The average Bonchev–Trinajstić information content (AvgIpc) is 2.64. The van der Waals surface area contributed by atoms with E-state index in [0.29, 0.717) is 26.2 Å². The molecule has 3 rings (SSSR count). The van der Waals surface area contributed by atoms with E-state index >= 15 is 0 Å². The molecule has 4 nitrogen and oxygen atoms in total. The van der Waals surface area contributed by atoms with Gasteiger partial charge in [-0.1, -0.05) is 30.3 Å². The number of benzene rings is 2. The van der Waals surface area contributed by atoms with Gasteiger partial charge in [0.1, 0.15) is 11.9 Å². The van der Waals surface area contributed by atoms with Crippen LogP contribution in [0.3, 0.4) is 0 Å². The lowest BCUT2D eigenvalue weighted by atomic mass is 10.0. The Morgan fingerprint density at radius 3 is 2.32 bits per heavy atom. The molecule has 2 aromatic carbocycles. The fourth-order valence-electron chi connectivity index (χ4n) is 3.18. The first kappa shape index (κ1) is 17.1. The van der Waals surface area contributed by atoms with Crippen molar-refractivity contribution >= 4 is 5.91 Å². The molecular formula is C20H20FN3O. The third-order valence-corrected chi connectivity index (χ3v) is 4.65. The molecule has 1 aliphatic rings. The molecule has 0 N–H and O–H groups in total. The third-order valence-electron chi connectivity index (χ3n) is 4.65. The maximum absolute atomic E-state index is 13.1. The fraction of sp³-hybridized carbons (Fsp3) is 0.300. The van der Waals surface area contributed by atoms with Crippen LogP contribution in [0.5, 0.6) is 0 Å². The van der Waals surface area contributed by atoms with Crippen LogP contribution in [-0.2, 0) is 0 Å². The molecule has 5 heteroatoms. The number of aryl methyl sites for hydroxylation is 1. The largest absolute Gasteiger partial charge is 0.336 e. The number of amides is 1. The highest BCUT2D eigenvalue weighted by Crippen LogP contribution is 2.22. The topological polar surface area (TPSA) is 47.3 Å². The molecule has 1 saturated heterocycles. The number of nitrogens with zero attached hydrogens (tertiary/aromatic N) is 3. The van der Waals surface area contributed by atoms with Gasteiger partial charge in [0.25, 0.3) is 5.91 Å². The van der Waals surface area contributed by atoms with E-state index in [0.717, 1.165) is 16.7 Å². The van der Waals surface area contributed by atoms with Gasteiger partial charge in [0, 0.05) is 31.7 Å². The van der Waals surface area contributed by atoms with Crippen LogP contribution in [-0.4, -0.2) is 41.9 Å². The summed E-state index contributed by atoms with van der Waals surface area (Å²) in [6.07, 6.45) is 0. The summed E-state index contributed by atoms with van der Waals surface area (Å²) in [4.78, 5) is 16.5. The zero-order valence-corrected chi connectivity index (χ0v) is 14.2. The van der Waals surface area contributed by atoms with Crippen molar-refractivity contribution in [1.29, 1.82) is 5.26 Å². The van der Waals surface area contributed by atoms with E-state index in [1.807, 2.05) is 41.0 Å². The van der Waals surface area contributed by atoms with Crippen LogP contribution < -0.4 is 0 Å². The summed E-state index contributed by atoms with van der Waals surface area (Å²) in [6, 6.07) is 15.5. The molecule has 1 amide bonds. The van der Waals surface area contributed by atoms with Gasteiger partial charge in [-0.05, 0) is 36.2 Å². The van der Waals surface area contributed by atoms with Crippen LogP contribution in [0.25, 0.3) is 0 Å². The lowest BCUT2D eigenvalue weighted by molar-refractivity contribution is 0.0605. The summed E-state index contributed by atoms with van der Waals surface area (Å²) in [5.41, 5.74) is 2.48. The first-order chi connectivity index (χ1) is 12.1. The first-order valence-electron chi connectivity index (χ1n) is 8.34. The van der Waals surface area contributed by atoms with Crippen molar-refractivity contribution in [1.82, 2.24) is 9.80 Å². The SMILES string of the molecule is Cc1ccccc1C(=O)N1CCN([C@H](C#N)c2ccc(F)cc2)CC1. The number of nitriles is 1. The fourth-order valence-corrected chi connectivity index (χ4v) is 3.18. The normalized spacial score (nSPS) is 16.3. The lowest BCUT2D eigenvalue weighted by Crippen LogP contribution is -2.49. The van der Waals surface area contributed by atoms with Gasteiger partial charge < -0.3 is 4.90 Å². The Hall–Kier alpha value is -2.71. The van der Waals surface area contributed by atoms with Crippen molar-refractivity contribution in [2.75, 3.05) is 26.2 Å². The molecule has 128 valence electrons. The van der Waals surface area contributed by atoms with Gasteiger partial charge in [-0.25, -0.2) is 4.39 Å². The third kappa shape index (κ3) is 3.70. The lowest BCUT2D eigenvalue weighted by Gasteiger charge is -2.37. The van der Waals surface area contributed by atoms with Crippen LogP contribution in [0.4, 0.5) is 4.39 Å². The van der Waals surface area contributed by atoms with E-state index in [1.54, 1.807) is 12.1 Å². The minimum absolute atomic E-state index is 0.0352. The number of carbonyl (C=O) groups excluding carboxylic acids is 1. The first-order valence-corrected chi connectivity index (χ1v) is 8.34. The Morgan fingerprint density at radius 1 is 1.08 bits per heavy atom. The van der Waals surface area contributed by atoms with Crippen LogP contribution in [0.15, 0.2) is 48.5 Å². The standard InChI is InChI=1S/C20H20FN3O/c1-15-4-2-3-5-18(15)20(25)24-12-10-23(11-13-24)19(14-22)16-6-8-17(21)9-7-16/h2-9,19H,10-13H2,1H3/t19-/m1/s1. The summed E-state index contributed by atoms with van der Waals surface area (Å²) in [7, 11) is 0. The zero-order valence-electron chi connectivity index (χ0n) is 14.2. The van der Waals surface area contributed by atoms with Crippen molar-refractivity contribution in [2.45, 2.75) is 13.0 Å². The van der Waals surface area contributed by atoms with Crippen molar-refractivity contribution in [2.24, 2.45) is 0 Å². The van der Waals surface area contributed by atoms with Crippen molar-refractivity contribution in [3.8, 4) is 6.07 Å². The predicted octanol–water partition coefficient (Wildman–Crippen LogP) is 3.16. The molecule has 2 aromatic rings. The Kier molecular flexibility index (Phi) is 5.11. The van der Waals surface area contributed by atoms with E-state index in [9.17, 15) is 14.4 Å².